The van der Waals surface area contributed by atoms with Crippen molar-refractivity contribution in [3.63, 3.8) is 0 Å². The number of phenols is 1. The lowest BCUT2D eigenvalue weighted by Gasteiger charge is -2.43. The monoisotopic (exact) mass is 577 g/mol. The largest absolute Gasteiger partial charge is 0.507 e. The molecule has 1 aromatic heterocycles. The molecule has 1 saturated heterocycles. The molecule has 0 spiro atoms. The number of aliphatic imine (C=N–C) groups is 1. The average Bonchev–Trinajstić information content (AvgIpc) is 2.92. The fraction of sp³-hybridized carbons (Fsp3) is 0.406. The maximum Gasteiger partial charge on any atom is 0.410 e. The standard InChI is InChI=1S/C32H37F2N5O3/c1-19(2)21-10-7-8-12-25(21)39-18-35-29(38-15-14-37(17-20(38)3)31(41)42-32(4,5)6)22-16-24(34)28(36-30(22)39)27-23(33)11-9-13-26(27)40/h7-13,16,19-20,40H,14-15,17-18H2,1-6H3/t20-/m0/s1. The Kier molecular flexibility index (Phi) is 7.83. The SMILES string of the molecule is CC(C)c1ccccc1N1CN=C(N2CCN(C(=O)OC(C)(C)C)C[C@@H]2C)c2cc(F)c(-c3c(O)cccc3F)nc21. The molecule has 1 amide bonds. The molecule has 1 atom stereocenters. The number of carbonyl (C=O) groups excluding carboxylic acids is 1. The van der Waals surface area contributed by atoms with Crippen molar-refractivity contribution in [2.24, 2.45) is 4.99 Å². The van der Waals surface area contributed by atoms with E-state index < -0.39 is 23.0 Å². The second kappa shape index (κ2) is 11.2. The van der Waals surface area contributed by atoms with Crippen LogP contribution in [0.3, 0.4) is 0 Å². The number of nitrogens with zero attached hydrogens (tertiary/aromatic N) is 5. The molecule has 1 N–H and O–H groups in total. The molecular formula is C32H37F2N5O3. The van der Waals surface area contributed by atoms with Gasteiger partial charge in [0.2, 0.25) is 0 Å². The number of amides is 1. The molecule has 0 saturated carbocycles. The van der Waals surface area contributed by atoms with Gasteiger partial charge in [-0.1, -0.05) is 38.1 Å². The van der Waals surface area contributed by atoms with E-state index >= 15 is 4.39 Å². The first-order chi connectivity index (χ1) is 19.9. The van der Waals surface area contributed by atoms with E-state index in [0.717, 1.165) is 11.3 Å². The maximum atomic E-state index is 15.8. The van der Waals surface area contributed by atoms with Gasteiger partial charge < -0.3 is 24.5 Å². The fourth-order valence-corrected chi connectivity index (χ4v) is 5.48. The van der Waals surface area contributed by atoms with Crippen molar-refractivity contribution in [3.05, 3.63) is 71.3 Å². The number of hydrogen-bond donors (Lipinski definition) is 1. The number of ether oxygens (including phenoxy) is 1. The first-order valence-electron chi connectivity index (χ1n) is 14.2. The maximum absolute atomic E-state index is 15.8. The van der Waals surface area contributed by atoms with E-state index in [1.54, 1.807) is 4.90 Å². The minimum absolute atomic E-state index is 0.147. The number of fused-ring (bicyclic) bond motifs is 1. The summed E-state index contributed by atoms with van der Waals surface area (Å²) in [5.41, 5.74) is 1.20. The van der Waals surface area contributed by atoms with E-state index in [-0.39, 0.29) is 36.0 Å². The topological polar surface area (TPSA) is 81.5 Å². The highest BCUT2D eigenvalue weighted by atomic mass is 19.1. The summed E-state index contributed by atoms with van der Waals surface area (Å²) in [5.74, 6) is -0.796. The number of piperazine rings is 1. The summed E-state index contributed by atoms with van der Waals surface area (Å²) >= 11 is 0. The van der Waals surface area contributed by atoms with Crippen LogP contribution in [0.25, 0.3) is 11.3 Å². The van der Waals surface area contributed by atoms with Crippen LogP contribution >= 0.6 is 0 Å². The molecular weight excluding hydrogens is 540 g/mol. The Morgan fingerprint density at radius 2 is 1.81 bits per heavy atom. The summed E-state index contributed by atoms with van der Waals surface area (Å²) in [4.78, 5) is 27.9. The minimum atomic E-state index is -0.777. The summed E-state index contributed by atoms with van der Waals surface area (Å²) in [6.07, 6.45) is -0.376. The molecule has 2 aliphatic rings. The van der Waals surface area contributed by atoms with Crippen LogP contribution in [-0.2, 0) is 4.74 Å². The third-order valence-corrected chi connectivity index (χ3v) is 7.44. The van der Waals surface area contributed by atoms with E-state index in [1.165, 1.54) is 24.3 Å². The number of rotatable bonds is 3. The summed E-state index contributed by atoms with van der Waals surface area (Å²) in [6.45, 7) is 13.1. The Bertz CT molecular complexity index is 1510. The highest BCUT2D eigenvalue weighted by Gasteiger charge is 2.36. The predicted octanol–water partition coefficient (Wildman–Crippen LogP) is 6.65. The summed E-state index contributed by atoms with van der Waals surface area (Å²) in [5, 5.41) is 10.5. The highest BCUT2D eigenvalue weighted by molar-refractivity contribution is 6.06. The van der Waals surface area contributed by atoms with E-state index in [2.05, 4.69) is 18.8 Å². The number of carbonyl (C=O) groups is 1. The molecule has 2 aliphatic heterocycles. The smallest absolute Gasteiger partial charge is 0.410 e. The van der Waals surface area contributed by atoms with E-state index in [1.807, 2.05) is 61.8 Å². The van der Waals surface area contributed by atoms with Crippen LogP contribution in [0.5, 0.6) is 5.75 Å². The van der Waals surface area contributed by atoms with Crippen LogP contribution < -0.4 is 4.90 Å². The molecule has 5 rings (SSSR count). The van der Waals surface area contributed by atoms with Crippen molar-refractivity contribution >= 4 is 23.4 Å². The van der Waals surface area contributed by atoms with Crippen LogP contribution in [-0.4, -0.2) is 69.8 Å². The zero-order valence-corrected chi connectivity index (χ0v) is 24.9. The number of para-hydroxylation sites is 1. The number of pyridine rings is 1. The minimum Gasteiger partial charge on any atom is -0.507 e. The van der Waals surface area contributed by atoms with Crippen LogP contribution in [0.1, 0.15) is 58.6 Å². The number of phenolic OH excluding ortho intramolecular Hbond substituents is 1. The highest BCUT2D eigenvalue weighted by Crippen LogP contribution is 2.40. The Morgan fingerprint density at radius 3 is 2.48 bits per heavy atom. The normalized spacial score (nSPS) is 17.3. The van der Waals surface area contributed by atoms with Gasteiger partial charge in [-0.05, 0) is 63.4 Å². The van der Waals surface area contributed by atoms with Gasteiger partial charge in [-0.15, -0.1) is 0 Å². The predicted molar refractivity (Wildman–Crippen MR) is 159 cm³/mol. The number of anilines is 2. The second-order valence-electron chi connectivity index (χ2n) is 12.1. The second-order valence-corrected chi connectivity index (χ2v) is 12.1. The number of hydrogen-bond acceptors (Lipinski definition) is 7. The fourth-order valence-electron chi connectivity index (χ4n) is 5.48. The Labute approximate surface area is 245 Å². The van der Waals surface area contributed by atoms with Crippen LogP contribution in [0.2, 0.25) is 0 Å². The summed E-state index contributed by atoms with van der Waals surface area (Å²) in [6, 6.07) is 12.9. The average molecular weight is 578 g/mol. The van der Waals surface area contributed by atoms with Gasteiger partial charge in [0, 0.05) is 31.4 Å². The molecule has 2 aromatic carbocycles. The zero-order chi connectivity index (χ0) is 30.3. The van der Waals surface area contributed by atoms with Crippen molar-refractivity contribution in [2.45, 2.75) is 59.1 Å². The quantitative estimate of drug-likeness (QED) is 0.375. The van der Waals surface area contributed by atoms with Gasteiger partial charge in [0.25, 0.3) is 0 Å². The van der Waals surface area contributed by atoms with Gasteiger partial charge in [-0.25, -0.2) is 23.6 Å². The molecule has 0 aliphatic carbocycles. The number of aromatic hydroxyl groups is 1. The summed E-state index contributed by atoms with van der Waals surface area (Å²) < 4.78 is 36.3. The lowest BCUT2D eigenvalue weighted by Crippen LogP contribution is -2.57. The van der Waals surface area contributed by atoms with Gasteiger partial charge in [0.15, 0.2) is 5.82 Å². The van der Waals surface area contributed by atoms with E-state index in [4.69, 9.17) is 9.73 Å². The van der Waals surface area contributed by atoms with Crippen LogP contribution in [0, 0.1) is 11.6 Å². The number of amidine groups is 1. The molecule has 0 unspecified atom stereocenters. The molecule has 42 heavy (non-hydrogen) atoms. The molecule has 3 aromatic rings. The van der Waals surface area contributed by atoms with Gasteiger partial charge >= 0.3 is 6.09 Å². The van der Waals surface area contributed by atoms with Gasteiger partial charge in [0.1, 0.15) is 41.2 Å². The third kappa shape index (κ3) is 5.62. The van der Waals surface area contributed by atoms with E-state index in [9.17, 15) is 14.3 Å². The molecule has 0 bridgehead atoms. The molecule has 0 radical (unpaired) electrons. The van der Waals surface area contributed by atoms with Crippen molar-refractivity contribution < 1.29 is 23.4 Å². The molecule has 1 fully saturated rings. The van der Waals surface area contributed by atoms with Crippen LogP contribution in [0.15, 0.2) is 53.5 Å². The Balaban J connectivity index is 1.58. The van der Waals surface area contributed by atoms with Gasteiger partial charge in [-0.2, -0.15) is 0 Å². The number of halogens is 2. The summed E-state index contributed by atoms with van der Waals surface area (Å²) in [7, 11) is 0. The van der Waals surface area contributed by atoms with Gasteiger partial charge in [0.05, 0.1) is 11.1 Å². The lowest BCUT2D eigenvalue weighted by molar-refractivity contribution is 0.0133. The van der Waals surface area contributed by atoms with E-state index in [0.29, 0.717) is 36.9 Å². The molecule has 3 heterocycles. The van der Waals surface area contributed by atoms with Crippen molar-refractivity contribution in [2.75, 3.05) is 31.2 Å². The molecule has 222 valence electrons. The van der Waals surface area contributed by atoms with Crippen molar-refractivity contribution in [3.8, 4) is 17.0 Å². The van der Waals surface area contributed by atoms with Crippen LogP contribution in [0.4, 0.5) is 25.1 Å². The van der Waals surface area contributed by atoms with Crippen molar-refractivity contribution in [1.82, 2.24) is 14.8 Å². The number of benzene rings is 2. The Morgan fingerprint density at radius 1 is 1.07 bits per heavy atom. The molecule has 10 heteroatoms. The third-order valence-electron chi connectivity index (χ3n) is 7.44. The van der Waals surface area contributed by atoms with Gasteiger partial charge in [-0.3, -0.25) is 0 Å². The first-order valence-corrected chi connectivity index (χ1v) is 14.2. The molecule has 8 nitrogen and oxygen atoms in total. The Hall–Kier alpha value is -4.21. The first kappa shape index (κ1) is 29.3. The van der Waals surface area contributed by atoms with Crippen molar-refractivity contribution in [1.29, 1.82) is 0 Å². The zero-order valence-electron chi connectivity index (χ0n) is 24.9. The lowest BCUT2D eigenvalue weighted by atomic mass is 9.99. The number of aromatic nitrogens is 1.